The Bertz CT molecular complexity index is 519. The van der Waals surface area contributed by atoms with Crippen molar-refractivity contribution < 1.29 is 13.3 Å². The first-order valence-electron chi connectivity index (χ1n) is 5.85. The lowest BCUT2D eigenvalue weighted by Gasteiger charge is -2.06. The number of nitrogens with two attached hydrogens (primary N) is 1. The Balaban J connectivity index is 0.00000361. The summed E-state index contributed by atoms with van der Waals surface area (Å²) in [5.74, 6) is -0.187. The van der Waals surface area contributed by atoms with Crippen molar-refractivity contribution in [2.45, 2.75) is 18.6 Å². The summed E-state index contributed by atoms with van der Waals surface area (Å²) in [6, 6.07) is 5.47. The van der Waals surface area contributed by atoms with Crippen LogP contribution in [0.5, 0.6) is 0 Å². The Morgan fingerprint density at radius 1 is 1.20 bits per heavy atom. The minimum atomic E-state index is -3.41. The molecule has 0 aliphatic rings. The predicted octanol–water partition coefficient (Wildman–Crippen LogP) is 1.17. The summed E-state index contributed by atoms with van der Waals surface area (Å²) in [5.41, 5.74) is 5.76. The molecule has 0 aliphatic carbocycles. The van der Waals surface area contributed by atoms with E-state index >= 15 is 0 Å². The van der Waals surface area contributed by atoms with Crippen LogP contribution < -0.4 is 10.5 Å². The lowest BCUT2D eigenvalue weighted by atomic mass is 10.2. The lowest BCUT2D eigenvalue weighted by molar-refractivity contribution is -0.384. The highest BCUT2D eigenvalue weighted by Crippen LogP contribution is 2.13. The quantitative estimate of drug-likeness (QED) is 0.423. The van der Waals surface area contributed by atoms with Crippen molar-refractivity contribution in [1.29, 1.82) is 0 Å². The molecule has 9 heteroatoms. The molecule has 20 heavy (non-hydrogen) atoms. The van der Waals surface area contributed by atoms with Gasteiger partial charge in [-0.25, -0.2) is 13.1 Å². The maximum Gasteiger partial charge on any atom is 0.269 e. The molecule has 0 aliphatic heterocycles. The number of halogens is 1. The number of nitrogens with zero attached hydrogens (tertiary/aromatic N) is 1. The first-order valence-corrected chi connectivity index (χ1v) is 7.50. The average Bonchev–Trinajstić information content (AvgIpc) is 2.35. The molecule has 0 radical (unpaired) electrons. The monoisotopic (exact) mass is 323 g/mol. The second kappa shape index (κ2) is 8.85. The van der Waals surface area contributed by atoms with Crippen molar-refractivity contribution in [3.8, 4) is 0 Å². The van der Waals surface area contributed by atoms with Gasteiger partial charge in [-0.3, -0.25) is 10.1 Å². The second-order valence-corrected chi connectivity index (χ2v) is 5.88. The van der Waals surface area contributed by atoms with Gasteiger partial charge in [-0.2, -0.15) is 0 Å². The molecule has 0 spiro atoms. The van der Waals surface area contributed by atoms with Crippen molar-refractivity contribution in [3.63, 3.8) is 0 Å². The summed E-state index contributed by atoms with van der Waals surface area (Å²) in [7, 11) is -3.41. The number of sulfonamides is 1. The van der Waals surface area contributed by atoms with E-state index in [2.05, 4.69) is 4.72 Å². The predicted molar refractivity (Wildman–Crippen MR) is 79.3 cm³/mol. The van der Waals surface area contributed by atoms with E-state index in [1.54, 1.807) is 0 Å². The van der Waals surface area contributed by atoms with Crippen molar-refractivity contribution in [3.05, 3.63) is 39.9 Å². The van der Waals surface area contributed by atoms with E-state index in [0.717, 1.165) is 6.42 Å². The molecule has 0 bridgehead atoms. The molecule has 0 heterocycles. The van der Waals surface area contributed by atoms with Gasteiger partial charge in [-0.1, -0.05) is 12.1 Å². The van der Waals surface area contributed by atoms with E-state index in [-0.39, 0.29) is 23.8 Å². The van der Waals surface area contributed by atoms with Crippen molar-refractivity contribution >= 4 is 28.1 Å². The van der Waals surface area contributed by atoms with Gasteiger partial charge in [0.1, 0.15) is 0 Å². The van der Waals surface area contributed by atoms with Crippen LogP contribution in [0.2, 0.25) is 0 Å². The highest BCUT2D eigenvalue weighted by Gasteiger charge is 2.12. The minimum absolute atomic E-state index is 0. The van der Waals surface area contributed by atoms with Gasteiger partial charge < -0.3 is 5.73 Å². The van der Waals surface area contributed by atoms with Crippen LogP contribution >= 0.6 is 12.4 Å². The summed E-state index contributed by atoms with van der Waals surface area (Å²) in [6.07, 6.45) is 1.45. The molecule has 1 rings (SSSR count). The zero-order chi connectivity index (χ0) is 14.3. The van der Waals surface area contributed by atoms with Gasteiger partial charge in [0, 0.05) is 18.7 Å². The highest BCUT2D eigenvalue weighted by molar-refractivity contribution is 7.88. The molecule has 7 nitrogen and oxygen atoms in total. The molecule has 0 aromatic heterocycles. The third-order valence-electron chi connectivity index (χ3n) is 2.46. The molecule has 0 fully saturated rings. The molecule has 0 amide bonds. The van der Waals surface area contributed by atoms with E-state index in [4.69, 9.17) is 5.73 Å². The average molecular weight is 324 g/mol. The van der Waals surface area contributed by atoms with Crippen LogP contribution in [0.3, 0.4) is 0 Å². The molecule has 0 atom stereocenters. The largest absolute Gasteiger partial charge is 0.330 e. The summed E-state index contributed by atoms with van der Waals surface area (Å²) < 4.78 is 25.9. The Labute approximate surface area is 124 Å². The number of benzene rings is 1. The zero-order valence-electron chi connectivity index (χ0n) is 10.8. The second-order valence-electron chi connectivity index (χ2n) is 4.07. The van der Waals surface area contributed by atoms with E-state index in [1.165, 1.54) is 24.3 Å². The number of unbranched alkanes of at least 4 members (excludes halogenated alkanes) is 1. The number of hydrogen-bond donors (Lipinski definition) is 2. The van der Waals surface area contributed by atoms with Gasteiger partial charge in [0.25, 0.3) is 5.69 Å². The van der Waals surface area contributed by atoms with E-state index in [0.29, 0.717) is 25.1 Å². The topological polar surface area (TPSA) is 115 Å². The van der Waals surface area contributed by atoms with Crippen LogP contribution in [0, 0.1) is 10.1 Å². The number of nitro groups is 1. The number of hydrogen-bond acceptors (Lipinski definition) is 5. The summed E-state index contributed by atoms with van der Waals surface area (Å²) >= 11 is 0. The summed E-state index contributed by atoms with van der Waals surface area (Å²) in [5, 5.41) is 10.5. The van der Waals surface area contributed by atoms with Crippen LogP contribution in [0.4, 0.5) is 5.69 Å². The minimum Gasteiger partial charge on any atom is -0.330 e. The fraction of sp³-hybridized carbons (Fsp3) is 0.455. The number of nitrogens with one attached hydrogen (secondary N) is 1. The fourth-order valence-electron chi connectivity index (χ4n) is 1.48. The van der Waals surface area contributed by atoms with Crippen LogP contribution in [-0.4, -0.2) is 26.4 Å². The SMILES string of the molecule is Cl.NCCCCNS(=O)(=O)Cc1ccc([N+](=O)[O-])cc1. The Hall–Kier alpha value is -1.22. The number of non-ortho nitro benzene ring substituents is 1. The summed E-state index contributed by atoms with van der Waals surface area (Å²) in [6.45, 7) is 0.886. The first-order chi connectivity index (χ1) is 8.94. The molecule has 0 unspecified atom stereocenters. The van der Waals surface area contributed by atoms with Crippen molar-refractivity contribution in [2.24, 2.45) is 5.73 Å². The van der Waals surface area contributed by atoms with Gasteiger partial charge in [0.05, 0.1) is 10.7 Å². The zero-order valence-corrected chi connectivity index (χ0v) is 12.5. The normalized spacial score (nSPS) is 10.8. The molecular formula is C11H18ClN3O4S. The fourth-order valence-corrected chi connectivity index (χ4v) is 2.67. The molecule has 114 valence electrons. The molecule has 3 N–H and O–H groups in total. The molecule has 0 saturated carbocycles. The van der Waals surface area contributed by atoms with Gasteiger partial charge >= 0.3 is 0 Å². The van der Waals surface area contributed by atoms with Crippen molar-refractivity contribution in [1.82, 2.24) is 4.72 Å². The van der Waals surface area contributed by atoms with Gasteiger partial charge in [-0.15, -0.1) is 12.4 Å². The Morgan fingerprint density at radius 2 is 1.80 bits per heavy atom. The molecular weight excluding hydrogens is 306 g/mol. The van der Waals surface area contributed by atoms with E-state index in [9.17, 15) is 18.5 Å². The van der Waals surface area contributed by atoms with E-state index in [1.807, 2.05) is 0 Å². The molecule has 1 aromatic carbocycles. The number of rotatable bonds is 8. The standard InChI is InChI=1S/C11H17N3O4S.ClH/c12-7-1-2-8-13-19(17,18)9-10-3-5-11(6-4-10)14(15)16;/h3-6,13H,1-2,7-9,12H2;1H. The third-order valence-corrected chi connectivity index (χ3v) is 3.81. The maximum absolute atomic E-state index is 11.7. The Morgan fingerprint density at radius 3 is 2.30 bits per heavy atom. The van der Waals surface area contributed by atoms with Gasteiger partial charge in [0.15, 0.2) is 0 Å². The first kappa shape index (κ1) is 18.8. The van der Waals surface area contributed by atoms with Crippen molar-refractivity contribution in [2.75, 3.05) is 13.1 Å². The van der Waals surface area contributed by atoms with Gasteiger partial charge in [0.2, 0.25) is 10.0 Å². The van der Waals surface area contributed by atoms with Crippen LogP contribution in [-0.2, 0) is 15.8 Å². The van der Waals surface area contributed by atoms with Crippen LogP contribution in [0.25, 0.3) is 0 Å². The Kier molecular flexibility index (Phi) is 8.31. The van der Waals surface area contributed by atoms with Gasteiger partial charge in [-0.05, 0) is 24.9 Å². The smallest absolute Gasteiger partial charge is 0.269 e. The van der Waals surface area contributed by atoms with Crippen LogP contribution in [0.15, 0.2) is 24.3 Å². The highest BCUT2D eigenvalue weighted by atomic mass is 35.5. The maximum atomic E-state index is 11.7. The van der Waals surface area contributed by atoms with Crippen LogP contribution in [0.1, 0.15) is 18.4 Å². The number of nitro benzene ring substituents is 1. The van der Waals surface area contributed by atoms with E-state index < -0.39 is 14.9 Å². The molecule has 1 aromatic rings. The third kappa shape index (κ3) is 6.80. The molecule has 0 saturated heterocycles. The lowest BCUT2D eigenvalue weighted by Crippen LogP contribution is -2.26. The summed E-state index contributed by atoms with van der Waals surface area (Å²) in [4.78, 5) is 9.94.